The van der Waals surface area contributed by atoms with Gasteiger partial charge in [0.2, 0.25) is 0 Å². The lowest BCUT2D eigenvalue weighted by Gasteiger charge is -2.08. The molecule has 0 saturated heterocycles. The fourth-order valence-corrected chi connectivity index (χ4v) is 2.58. The summed E-state index contributed by atoms with van der Waals surface area (Å²) in [6.45, 7) is 0.350. The molecule has 0 aliphatic carbocycles. The molecular weight excluding hydrogens is 322 g/mol. The van der Waals surface area contributed by atoms with Crippen molar-refractivity contribution in [1.29, 1.82) is 0 Å². The van der Waals surface area contributed by atoms with Gasteiger partial charge in [0.25, 0.3) is 0 Å². The van der Waals surface area contributed by atoms with E-state index in [1.54, 1.807) is 24.3 Å². The van der Waals surface area contributed by atoms with Crippen LogP contribution in [0.1, 0.15) is 5.56 Å². The minimum absolute atomic E-state index is 0.350. The van der Waals surface area contributed by atoms with Gasteiger partial charge < -0.3 is 4.42 Å². The second-order valence-corrected chi connectivity index (χ2v) is 5.30. The van der Waals surface area contributed by atoms with Gasteiger partial charge in [-0.3, -0.25) is 4.57 Å². The van der Waals surface area contributed by atoms with E-state index in [0.29, 0.717) is 17.4 Å². The summed E-state index contributed by atoms with van der Waals surface area (Å²) in [7, 11) is 0. The summed E-state index contributed by atoms with van der Waals surface area (Å²) in [5.74, 6) is -0.645. The zero-order chi connectivity index (χ0) is 14.1. The fraction of sp³-hybridized carbons (Fsp3) is 0.0667. The Bertz CT molecular complexity index is 895. The Morgan fingerprint density at radius 2 is 1.85 bits per heavy atom. The van der Waals surface area contributed by atoms with Crippen LogP contribution in [0.2, 0.25) is 0 Å². The summed E-state index contributed by atoms with van der Waals surface area (Å²) < 4.78 is 7.16. The van der Waals surface area contributed by atoms with E-state index in [2.05, 4.69) is 15.9 Å². The Labute approximate surface area is 122 Å². The van der Waals surface area contributed by atoms with Crippen molar-refractivity contribution >= 4 is 26.8 Å². The molecule has 0 aliphatic rings. The molecule has 5 heteroatoms. The van der Waals surface area contributed by atoms with E-state index in [4.69, 9.17) is 4.42 Å². The van der Waals surface area contributed by atoms with Gasteiger partial charge >= 0.3 is 11.4 Å². The van der Waals surface area contributed by atoms with Crippen LogP contribution in [0.3, 0.4) is 0 Å². The number of rotatable bonds is 2. The van der Waals surface area contributed by atoms with Crippen molar-refractivity contribution in [2.24, 2.45) is 0 Å². The standard InChI is InChI=1S/C15H10BrNO3/c16-11-5-3-4-10(8-11)9-17-13-7-2-1-6-12(13)14(18)20-15(17)19/h1-8H,9H2. The zero-order valence-corrected chi connectivity index (χ0v) is 12.0. The third-order valence-corrected chi connectivity index (χ3v) is 3.54. The monoisotopic (exact) mass is 331 g/mol. The molecule has 0 amide bonds. The quantitative estimate of drug-likeness (QED) is 0.725. The van der Waals surface area contributed by atoms with Crippen molar-refractivity contribution in [1.82, 2.24) is 4.57 Å². The lowest BCUT2D eigenvalue weighted by Crippen LogP contribution is -2.25. The van der Waals surface area contributed by atoms with Gasteiger partial charge in [0.1, 0.15) is 0 Å². The molecule has 0 unspecified atom stereocenters. The zero-order valence-electron chi connectivity index (χ0n) is 10.4. The summed E-state index contributed by atoms with van der Waals surface area (Å²) in [5, 5.41) is 0.405. The highest BCUT2D eigenvalue weighted by Crippen LogP contribution is 2.14. The predicted molar refractivity (Wildman–Crippen MR) is 80.0 cm³/mol. The number of benzene rings is 2. The fourth-order valence-electron chi connectivity index (χ4n) is 2.14. The first-order chi connectivity index (χ1) is 9.65. The number of hydrogen-bond acceptors (Lipinski definition) is 3. The predicted octanol–water partition coefficient (Wildman–Crippen LogP) is 2.77. The van der Waals surface area contributed by atoms with Gasteiger partial charge in [0.15, 0.2) is 0 Å². The largest absolute Gasteiger partial charge is 0.422 e. The first-order valence-corrected chi connectivity index (χ1v) is 6.81. The van der Waals surface area contributed by atoms with Gasteiger partial charge in [0, 0.05) is 4.47 Å². The first-order valence-electron chi connectivity index (χ1n) is 6.02. The van der Waals surface area contributed by atoms with Crippen LogP contribution in [-0.4, -0.2) is 4.57 Å². The summed E-state index contributed by atoms with van der Waals surface area (Å²) in [4.78, 5) is 23.6. The highest BCUT2D eigenvalue weighted by atomic mass is 79.9. The molecule has 0 bridgehead atoms. The van der Waals surface area contributed by atoms with Gasteiger partial charge in [-0.2, -0.15) is 0 Å². The number of nitrogens with zero attached hydrogens (tertiary/aromatic N) is 1. The number of fused-ring (bicyclic) bond motifs is 1. The Morgan fingerprint density at radius 3 is 2.65 bits per heavy atom. The van der Waals surface area contributed by atoms with Gasteiger partial charge in [0.05, 0.1) is 17.4 Å². The third kappa shape index (κ3) is 2.32. The summed E-state index contributed by atoms with van der Waals surface area (Å²) >= 11 is 3.39. The topological polar surface area (TPSA) is 52.2 Å². The molecule has 1 heterocycles. The molecule has 3 aromatic rings. The molecule has 0 fully saturated rings. The van der Waals surface area contributed by atoms with Crippen molar-refractivity contribution in [2.45, 2.75) is 6.54 Å². The molecule has 20 heavy (non-hydrogen) atoms. The van der Waals surface area contributed by atoms with Crippen molar-refractivity contribution in [3.63, 3.8) is 0 Å². The Morgan fingerprint density at radius 1 is 1.05 bits per heavy atom. The third-order valence-electron chi connectivity index (χ3n) is 3.04. The maximum Gasteiger partial charge on any atom is 0.422 e. The molecule has 0 spiro atoms. The molecule has 0 radical (unpaired) electrons. The van der Waals surface area contributed by atoms with Crippen LogP contribution in [0.5, 0.6) is 0 Å². The van der Waals surface area contributed by atoms with Crippen LogP contribution in [0.4, 0.5) is 0 Å². The molecular formula is C15H10BrNO3. The molecule has 4 nitrogen and oxygen atoms in total. The number of para-hydroxylation sites is 1. The Balaban J connectivity index is 2.21. The van der Waals surface area contributed by atoms with Crippen LogP contribution in [0.25, 0.3) is 10.9 Å². The maximum atomic E-state index is 11.9. The molecule has 0 aliphatic heterocycles. The van der Waals surface area contributed by atoms with Crippen molar-refractivity contribution in [3.05, 3.63) is 79.5 Å². The minimum Gasteiger partial charge on any atom is -0.372 e. The molecule has 0 atom stereocenters. The van der Waals surface area contributed by atoms with Crippen molar-refractivity contribution < 1.29 is 4.42 Å². The van der Waals surface area contributed by atoms with E-state index in [1.807, 2.05) is 24.3 Å². The van der Waals surface area contributed by atoms with E-state index < -0.39 is 11.4 Å². The van der Waals surface area contributed by atoms with Gasteiger partial charge in [-0.05, 0) is 29.8 Å². The van der Waals surface area contributed by atoms with Gasteiger partial charge in [-0.1, -0.05) is 40.2 Å². The van der Waals surface area contributed by atoms with Crippen LogP contribution in [0, 0.1) is 0 Å². The van der Waals surface area contributed by atoms with Crippen LogP contribution < -0.4 is 11.4 Å². The normalized spacial score (nSPS) is 10.8. The van der Waals surface area contributed by atoms with E-state index in [-0.39, 0.29) is 0 Å². The van der Waals surface area contributed by atoms with Gasteiger partial charge in [-0.25, -0.2) is 9.59 Å². The number of halogens is 1. The lowest BCUT2D eigenvalue weighted by molar-refractivity contribution is 0.425. The number of aromatic nitrogens is 1. The van der Waals surface area contributed by atoms with Crippen LogP contribution in [0.15, 0.2) is 67.0 Å². The minimum atomic E-state index is -0.645. The Hall–Kier alpha value is -2.14. The maximum absolute atomic E-state index is 11.9. The first kappa shape index (κ1) is 12.9. The van der Waals surface area contributed by atoms with E-state index >= 15 is 0 Å². The molecule has 2 aromatic carbocycles. The lowest BCUT2D eigenvalue weighted by atomic mass is 10.2. The van der Waals surface area contributed by atoms with E-state index in [1.165, 1.54) is 4.57 Å². The molecule has 0 saturated carbocycles. The van der Waals surface area contributed by atoms with Gasteiger partial charge in [-0.15, -0.1) is 0 Å². The summed E-state index contributed by atoms with van der Waals surface area (Å²) in [5.41, 5.74) is 0.922. The molecule has 3 rings (SSSR count). The van der Waals surface area contributed by atoms with Crippen LogP contribution in [-0.2, 0) is 6.54 Å². The van der Waals surface area contributed by atoms with Crippen molar-refractivity contribution in [3.8, 4) is 0 Å². The highest BCUT2D eigenvalue weighted by molar-refractivity contribution is 9.10. The summed E-state index contributed by atoms with van der Waals surface area (Å²) in [6.07, 6.45) is 0. The smallest absolute Gasteiger partial charge is 0.372 e. The second kappa shape index (κ2) is 5.09. The summed E-state index contributed by atoms with van der Waals surface area (Å²) in [6, 6.07) is 14.6. The van der Waals surface area contributed by atoms with Crippen LogP contribution >= 0.6 is 15.9 Å². The van der Waals surface area contributed by atoms with E-state index in [0.717, 1.165) is 10.0 Å². The average Bonchev–Trinajstić information content (AvgIpc) is 2.43. The Kier molecular flexibility index (Phi) is 3.28. The SMILES string of the molecule is O=c1oc(=O)n(Cc2cccc(Br)c2)c2ccccc12. The molecule has 1 aromatic heterocycles. The molecule has 0 N–H and O–H groups in total. The van der Waals surface area contributed by atoms with E-state index in [9.17, 15) is 9.59 Å². The highest BCUT2D eigenvalue weighted by Gasteiger charge is 2.09. The average molecular weight is 332 g/mol. The second-order valence-electron chi connectivity index (χ2n) is 4.39. The molecule has 100 valence electrons. The number of hydrogen-bond donors (Lipinski definition) is 0. The van der Waals surface area contributed by atoms with Crippen molar-refractivity contribution in [2.75, 3.05) is 0 Å².